The maximum atomic E-state index is 6.22. The second-order valence-electron chi connectivity index (χ2n) is 9.11. The van der Waals surface area contributed by atoms with Crippen molar-refractivity contribution in [3.8, 4) is 23.0 Å². The van der Waals surface area contributed by atoms with Gasteiger partial charge in [0.05, 0.1) is 18.4 Å². The summed E-state index contributed by atoms with van der Waals surface area (Å²) in [4.78, 5) is 4.90. The molecule has 3 aromatic heterocycles. The molecule has 1 fully saturated rings. The number of hydrogen-bond donors (Lipinski definition) is 1. The Morgan fingerprint density at radius 1 is 0.944 bits per heavy atom. The Morgan fingerprint density at radius 2 is 1.81 bits per heavy atom. The summed E-state index contributed by atoms with van der Waals surface area (Å²) >= 11 is 0. The molecule has 9 heteroatoms. The largest absolute Gasteiger partial charge is 0.494 e. The number of nitrogens with zero attached hydrogens (tertiary/aromatic N) is 4. The topological polar surface area (TPSA) is 71.2 Å². The minimum absolute atomic E-state index is 0.640. The molecule has 36 heavy (non-hydrogen) atoms. The second kappa shape index (κ2) is 10.0. The molecule has 5 aromatic rings. The number of piperazine rings is 1. The van der Waals surface area contributed by atoms with E-state index in [-0.39, 0.29) is 0 Å². The van der Waals surface area contributed by atoms with Crippen LogP contribution in [0.2, 0.25) is 6.32 Å². The fourth-order valence-electron chi connectivity index (χ4n) is 4.78. The third-order valence-electron chi connectivity index (χ3n) is 6.71. The van der Waals surface area contributed by atoms with Crippen LogP contribution >= 0.6 is 0 Å². The monoisotopic (exact) mass is 483 g/mol. The highest BCUT2D eigenvalue weighted by atomic mass is 16.5. The Kier molecular flexibility index (Phi) is 6.30. The maximum absolute atomic E-state index is 6.22. The van der Waals surface area contributed by atoms with Gasteiger partial charge in [0, 0.05) is 43.8 Å². The van der Waals surface area contributed by atoms with Gasteiger partial charge in [0.25, 0.3) is 0 Å². The van der Waals surface area contributed by atoms with Crippen LogP contribution in [0.5, 0.6) is 11.5 Å². The van der Waals surface area contributed by atoms with Gasteiger partial charge >= 0.3 is 0 Å². The number of hydrogen-bond acceptors (Lipinski definition) is 6. The number of ether oxygens (including phenoxy) is 2. The van der Waals surface area contributed by atoms with Gasteiger partial charge in [-0.25, -0.2) is 0 Å². The third-order valence-corrected chi connectivity index (χ3v) is 6.71. The van der Waals surface area contributed by atoms with E-state index in [9.17, 15) is 0 Å². The molecular weight excluding hydrogens is 453 g/mol. The molecule has 4 heterocycles. The van der Waals surface area contributed by atoms with Crippen molar-refractivity contribution in [2.24, 2.45) is 0 Å². The highest BCUT2D eigenvalue weighted by Gasteiger charge is 2.18. The average molecular weight is 483 g/mol. The highest BCUT2D eigenvalue weighted by Crippen LogP contribution is 2.30. The third kappa shape index (κ3) is 4.54. The molecule has 0 spiro atoms. The number of furan rings is 1. The van der Waals surface area contributed by atoms with Gasteiger partial charge in [-0.15, -0.1) is 5.10 Å². The van der Waals surface area contributed by atoms with Crippen molar-refractivity contribution < 1.29 is 13.9 Å². The molecule has 1 aliphatic heterocycles. The van der Waals surface area contributed by atoms with Crippen molar-refractivity contribution in [3.63, 3.8) is 0 Å². The zero-order chi connectivity index (χ0) is 24.3. The first-order valence-corrected chi connectivity index (χ1v) is 12.7. The summed E-state index contributed by atoms with van der Waals surface area (Å²) in [5.74, 6) is 2.55. The second-order valence-corrected chi connectivity index (χ2v) is 9.11. The Morgan fingerprint density at radius 3 is 2.58 bits per heavy atom. The Hall–Kier alpha value is -3.85. The molecule has 1 saturated heterocycles. The summed E-state index contributed by atoms with van der Waals surface area (Å²) in [7, 11) is 2.12. The van der Waals surface area contributed by atoms with E-state index >= 15 is 0 Å². The Labute approximate surface area is 210 Å². The lowest BCUT2D eigenvalue weighted by Gasteiger charge is -2.36. The standard InChI is InChI=1S/C27H30BN5O3/c28-10-17-34-21-8-6-20(7-9-21)32-13-11-31(12-14-32)15-18-36-26-4-1-3-22-24-19-23(25-5-2-16-35-25)29-33(24)30-27(22)26/h1-9,16,19,30H,10-15,17-18,28H2. The average Bonchev–Trinajstić information content (AvgIpc) is 3.65. The van der Waals surface area contributed by atoms with E-state index in [0.717, 1.165) is 85.0 Å². The molecule has 6 rings (SSSR count). The molecule has 0 aliphatic carbocycles. The van der Waals surface area contributed by atoms with E-state index in [0.29, 0.717) is 6.61 Å². The van der Waals surface area contributed by atoms with E-state index in [1.165, 1.54) is 5.69 Å². The summed E-state index contributed by atoms with van der Waals surface area (Å²) in [6.45, 7) is 6.36. The molecule has 0 atom stereocenters. The highest BCUT2D eigenvalue weighted by molar-refractivity contribution is 6.08. The Bertz CT molecular complexity index is 1420. The number of H-pyrrole nitrogens is 1. The Balaban J connectivity index is 1.04. The van der Waals surface area contributed by atoms with E-state index in [1.807, 2.05) is 30.3 Å². The van der Waals surface area contributed by atoms with Crippen LogP contribution in [0.1, 0.15) is 0 Å². The molecule has 8 nitrogen and oxygen atoms in total. The molecule has 0 unspecified atom stereocenters. The first-order valence-electron chi connectivity index (χ1n) is 12.7. The lowest BCUT2D eigenvalue weighted by atomic mass is 10.1. The number of nitrogens with one attached hydrogen (secondary N) is 1. The van der Waals surface area contributed by atoms with Crippen molar-refractivity contribution in [3.05, 3.63) is 66.9 Å². The zero-order valence-electron chi connectivity index (χ0n) is 20.5. The summed E-state index contributed by atoms with van der Waals surface area (Å²) in [6.07, 6.45) is 2.68. The number of para-hydroxylation sites is 1. The van der Waals surface area contributed by atoms with E-state index < -0.39 is 0 Å². The fourth-order valence-corrected chi connectivity index (χ4v) is 4.78. The number of rotatable bonds is 9. The number of aromatic nitrogens is 3. The van der Waals surface area contributed by atoms with Crippen LogP contribution in [0.25, 0.3) is 27.9 Å². The van der Waals surface area contributed by atoms with Gasteiger partial charge in [0.1, 0.15) is 37.2 Å². The number of anilines is 1. The lowest BCUT2D eigenvalue weighted by molar-refractivity contribution is 0.201. The lowest BCUT2D eigenvalue weighted by Crippen LogP contribution is -2.47. The van der Waals surface area contributed by atoms with Crippen LogP contribution in [0.3, 0.4) is 0 Å². The quantitative estimate of drug-likeness (QED) is 0.323. The van der Waals surface area contributed by atoms with Gasteiger partial charge < -0.3 is 18.8 Å². The van der Waals surface area contributed by atoms with Crippen molar-refractivity contribution in [2.75, 3.05) is 50.8 Å². The van der Waals surface area contributed by atoms with E-state index in [1.54, 1.807) is 10.9 Å². The smallest absolute Gasteiger partial charge is 0.154 e. The van der Waals surface area contributed by atoms with E-state index in [4.69, 9.17) is 13.9 Å². The minimum Gasteiger partial charge on any atom is -0.494 e. The first kappa shape index (κ1) is 22.6. The van der Waals surface area contributed by atoms with Gasteiger partial charge in [-0.2, -0.15) is 4.63 Å². The van der Waals surface area contributed by atoms with Crippen molar-refractivity contribution >= 4 is 30.0 Å². The molecule has 184 valence electrons. The molecule has 0 saturated carbocycles. The summed E-state index contributed by atoms with van der Waals surface area (Å²) < 4.78 is 19.2. The van der Waals surface area contributed by atoms with Crippen molar-refractivity contribution in [1.82, 2.24) is 19.7 Å². The van der Waals surface area contributed by atoms with Gasteiger partial charge in [-0.05, 0) is 54.9 Å². The summed E-state index contributed by atoms with van der Waals surface area (Å²) in [6, 6.07) is 20.4. The molecular formula is C27H30BN5O3. The number of aromatic amines is 1. The first-order chi connectivity index (χ1) is 17.8. The molecule has 0 radical (unpaired) electrons. The van der Waals surface area contributed by atoms with Gasteiger partial charge in [-0.1, -0.05) is 12.1 Å². The molecule has 2 aromatic carbocycles. The van der Waals surface area contributed by atoms with Crippen LogP contribution in [-0.2, 0) is 0 Å². The summed E-state index contributed by atoms with van der Waals surface area (Å²) in [5.41, 5.74) is 4.03. The van der Waals surface area contributed by atoms with Crippen LogP contribution in [0.15, 0.2) is 71.3 Å². The minimum atomic E-state index is 0.640. The summed E-state index contributed by atoms with van der Waals surface area (Å²) in [5, 5.41) is 9.08. The van der Waals surface area contributed by atoms with Crippen molar-refractivity contribution in [2.45, 2.75) is 6.32 Å². The van der Waals surface area contributed by atoms with Crippen LogP contribution in [0, 0.1) is 0 Å². The molecule has 0 amide bonds. The zero-order valence-corrected chi connectivity index (χ0v) is 20.5. The number of fused-ring (bicyclic) bond motifs is 3. The SMILES string of the molecule is BCCOc1ccc(N2CCN(CCOc3cccc4c3[nH]n3nc(-c5ccco5)cc43)CC2)cc1. The maximum Gasteiger partial charge on any atom is 0.154 e. The van der Waals surface area contributed by atoms with Gasteiger partial charge in [0.2, 0.25) is 0 Å². The number of benzene rings is 2. The molecule has 0 bridgehead atoms. The van der Waals surface area contributed by atoms with Gasteiger partial charge in [-0.3, -0.25) is 10.00 Å². The predicted molar refractivity (Wildman–Crippen MR) is 144 cm³/mol. The fraction of sp³-hybridized carbons (Fsp3) is 0.296. The van der Waals surface area contributed by atoms with Crippen LogP contribution in [0.4, 0.5) is 5.69 Å². The predicted octanol–water partition coefficient (Wildman–Crippen LogP) is 3.71. The molecule has 1 N–H and O–H groups in total. The normalized spacial score (nSPS) is 14.6. The van der Waals surface area contributed by atoms with E-state index in [2.05, 4.69) is 58.2 Å². The van der Waals surface area contributed by atoms with Crippen LogP contribution < -0.4 is 14.4 Å². The molecule has 1 aliphatic rings. The van der Waals surface area contributed by atoms with Gasteiger partial charge in [0.15, 0.2) is 5.76 Å². The van der Waals surface area contributed by atoms with Crippen LogP contribution in [-0.4, -0.2) is 73.5 Å². The van der Waals surface area contributed by atoms with Crippen molar-refractivity contribution in [1.29, 1.82) is 0 Å².